The summed E-state index contributed by atoms with van der Waals surface area (Å²) in [7, 11) is 0. The maximum Gasteiger partial charge on any atom is 0.0249 e. The summed E-state index contributed by atoms with van der Waals surface area (Å²) < 4.78 is 0. The second kappa shape index (κ2) is 31.7. The quantitative estimate of drug-likeness (QED) is 0.140. The molecule has 0 spiro atoms. The van der Waals surface area contributed by atoms with Crippen molar-refractivity contribution >= 4 is 17.7 Å². The molecule has 21 rings (SSSR count). The molecule has 0 unspecified atom stereocenters. The summed E-state index contributed by atoms with van der Waals surface area (Å²) in [5.74, 6) is 39.3. The molecule has 10 aromatic rings. The van der Waals surface area contributed by atoms with E-state index in [1.54, 1.807) is 45.4 Å². The molecule has 0 heteroatoms. The zero-order valence-corrected chi connectivity index (χ0v) is 64.1. The number of terminal acetylenes is 2. The van der Waals surface area contributed by atoms with Gasteiger partial charge in [0, 0.05) is 50.1 Å². The zero-order valence-electron chi connectivity index (χ0n) is 64.1. The van der Waals surface area contributed by atoms with Crippen molar-refractivity contribution in [2.75, 3.05) is 0 Å². The summed E-state index contributed by atoms with van der Waals surface area (Å²) in [5, 5.41) is 0. The molecular weight excluding hydrogens is 1300 g/mol. The highest BCUT2D eigenvalue weighted by atomic mass is 14.7. The molecule has 0 aromatic heterocycles. The van der Waals surface area contributed by atoms with E-state index in [0.717, 1.165) is 105 Å². The first-order valence-corrected chi connectivity index (χ1v) is 39.1. The Labute approximate surface area is 646 Å². The van der Waals surface area contributed by atoms with Gasteiger partial charge in [-0.2, -0.15) is 0 Å². The summed E-state index contributed by atoms with van der Waals surface area (Å²) in [6.07, 6.45) is 31.8. The predicted octanol–water partition coefficient (Wildman–Crippen LogP) is 24.8. The summed E-state index contributed by atoms with van der Waals surface area (Å²) in [4.78, 5) is 0. The van der Waals surface area contributed by atoms with Crippen LogP contribution in [0.25, 0.3) is 17.7 Å². The van der Waals surface area contributed by atoms with Gasteiger partial charge in [-0.1, -0.05) is 250 Å². The first-order valence-electron chi connectivity index (χ1n) is 39.1. The zero-order chi connectivity index (χ0) is 74.9. The lowest BCUT2D eigenvalue weighted by Crippen LogP contribution is -2.67. The molecule has 10 aromatic carbocycles. The van der Waals surface area contributed by atoms with Crippen molar-refractivity contribution in [2.45, 2.75) is 140 Å². The summed E-state index contributed by atoms with van der Waals surface area (Å²) in [5.41, 5.74) is 22.3. The molecule has 532 valence electrons. The Morgan fingerprint density at radius 2 is 0.602 bits per heavy atom. The average Bonchev–Trinajstić information content (AvgIpc) is 0.665. The van der Waals surface area contributed by atoms with Crippen LogP contribution in [0.4, 0.5) is 0 Å². The number of hydrogen-bond acceptors (Lipinski definition) is 0. The molecule has 0 N–H and O–H groups in total. The fourth-order valence-corrected chi connectivity index (χ4v) is 21.8. The average molecular weight is 1400 g/mol. The third kappa shape index (κ3) is 15.8. The van der Waals surface area contributed by atoms with Crippen LogP contribution < -0.4 is 0 Å². The Balaban J connectivity index is 0.000000184. The molecule has 0 amide bonds. The van der Waals surface area contributed by atoms with Crippen molar-refractivity contribution in [3.8, 4) is 72.1 Å². The van der Waals surface area contributed by atoms with Gasteiger partial charge in [-0.3, -0.25) is 0 Å². The first kappa shape index (κ1) is 73.7. The van der Waals surface area contributed by atoms with Crippen LogP contribution in [0.15, 0.2) is 280 Å². The van der Waals surface area contributed by atoms with Gasteiger partial charge in [0.1, 0.15) is 0 Å². The van der Waals surface area contributed by atoms with Crippen molar-refractivity contribution in [3.63, 3.8) is 0 Å². The van der Waals surface area contributed by atoms with Gasteiger partial charge < -0.3 is 0 Å². The molecule has 0 saturated heterocycles. The Morgan fingerprint density at radius 1 is 0.352 bits per heavy atom. The van der Waals surface area contributed by atoms with E-state index >= 15 is 0 Å². The summed E-state index contributed by atoms with van der Waals surface area (Å²) >= 11 is 0. The lowest BCUT2D eigenvalue weighted by Gasteiger charge is -2.74. The van der Waals surface area contributed by atoms with Gasteiger partial charge in [0.25, 0.3) is 0 Å². The molecule has 0 radical (unpaired) electrons. The standard InChI is InChI=1S/C66H48.C16H24.C12H12.C11H12.C3H4/c1-5-13-51(14-6-1)21-25-55-29-37-59(38-30-55)63-45-64(60-39-31-56(32-40-60)26-22-52-15-7-2-8-16-52)48-65(46-63,61-41-33-57(34-42-61)27-23-53-17-9-3-10-18-53)50-66(47-63,49-64)62-43-35-58(36-44-62)28-24-54-19-11-4-12-20-54;1-15-3-9-12-6-16(2)7-13(9)11(5-15)14(8-16)10(12)4-15;1-4-10(3)12-8-6-11(5-2)7-9-12;1-4-10-6-7-11(5-2)9(3)8-10;1-3-2/h1-20,29-44H,45-50H2;9-14H,3-8H2,1-2H3;2,4,6-9H,1,3H3;4-8H,1-2H2,3H3;1H,2H3. The van der Waals surface area contributed by atoms with Crippen LogP contribution >= 0.6 is 0 Å². The Kier molecular flexibility index (Phi) is 21.6. The third-order valence-corrected chi connectivity index (χ3v) is 25.9. The molecule has 12 bridgehead atoms. The molecule has 0 nitrogen and oxygen atoms in total. The van der Waals surface area contributed by atoms with Crippen LogP contribution in [0, 0.1) is 125 Å². The van der Waals surface area contributed by atoms with E-state index in [1.807, 2.05) is 122 Å². The van der Waals surface area contributed by atoms with Crippen molar-refractivity contribution in [2.24, 2.45) is 46.3 Å². The largest absolute Gasteiger partial charge is 0.120 e. The van der Waals surface area contributed by atoms with Crippen molar-refractivity contribution in [1.82, 2.24) is 0 Å². The van der Waals surface area contributed by atoms with E-state index in [-0.39, 0.29) is 21.7 Å². The number of aryl methyl sites for hydroxylation is 1. The lowest BCUT2D eigenvalue weighted by molar-refractivity contribution is -0.249. The molecule has 11 aliphatic carbocycles. The van der Waals surface area contributed by atoms with Gasteiger partial charge in [-0.15, -0.1) is 18.8 Å². The lowest BCUT2D eigenvalue weighted by atomic mass is 9.31. The highest BCUT2D eigenvalue weighted by Gasteiger charge is 2.70. The van der Waals surface area contributed by atoms with E-state index in [0.29, 0.717) is 0 Å². The molecule has 11 fully saturated rings. The van der Waals surface area contributed by atoms with Gasteiger partial charge >= 0.3 is 0 Å². The van der Waals surface area contributed by atoms with Gasteiger partial charge in [0.15, 0.2) is 0 Å². The third-order valence-electron chi connectivity index (χ3n) is 25.9. The maximum atomic E-state index is 5.24. The fraction of sp³-hybridized carbons (Fsp3) is 0.278. The number of hydrogen-bond donors (Lipinski definition) is 0. The molecular formula is C108H100. The van der Waals surface area contributed by atoms with Crippen LogP contribution in [0.3, 0.4) is 0 Å². The molecule has 108 heavy (non-hydrogen) atoms. The van der Waals surface area contributed by atoms with Crippen molar-refractivity contribution in [1.29, 1.82) is 0 Å². The molecule has 0 heterocycles. The van der Waals surface area contributed by atoms with Gasteiger partial charge in [0.05, 0.1) is 0 Å². The van der Waals surface area contributed by atoms with E-state index in [9.17, 15) is 0 Å². The minimum Gasteiger partial charge on any atom is -0.120 e. The van der Waals surface area contributed by atoms with Crippen LogP contribution in [0.1, 0.15) is 206 Å². The van der Waals surface area contributed by atoms with Crippen LogP contribution in [0.2, 0.25) is 0 Å². The monoisotopic (exact) mass is 1400 g/mol. The fourth-order valence-electron chi connectivity index (χ4n) is 21.8. The van der Waals surface area contributed by atoms with Gasteiger partial charge in [0.2, 0.25) is 0 Å². The van der Waals surface area contributed by atoms with Crippen LogP contribution in [-0.4, -0.2) is 0 Å². The number of allylic oxidation sites excluding steroid dienone is 2. The van der Waals surface area contributed by atoms with E-state index < -0.39 is 0 Å². The topological polar surface area (TPSA) is 0 Å². The van der Waals surface area contributed by atoms with Gasteiger partial charge in [-0.05, 0) is 332 Å². The van der Waals surface area contributed by atoms with Crippen LogP contribution in [0.5, 0.6) is 0 Å². The molecule has 0 atom stereocenters. The van der Waals surface area contributed by atoms with Crippen molar-refractivity contribution < 1.29 is 0 Å². The predicted molar refractivity (Wildman–Crippen MR) is 454 cm³/mol. The number of benzene rings is 10. The Morgan fingerprint density at radius 3 is 0.824 bits per heavy atom. The molecule has 11 aliphatic rings. The SMILES string of the molecule is C#CC.C#Cc1ccc(C(C)=CC)cc1.C(#Cc1ccc(C23CC4(c5ccc(C#Cc6ccccc6)cc5)CC(c5ccc(C#Cc6ccccc6)cc5)(C2)CC(c2ccc(C#Cc5ccccc5)cc2)(C3)C4)cc1)c1ccccc1.C=Cc1ccc(C=C)c(C)c1.CC12CC3C4CC5(C)CC3C(C1)C(C5)C4C2. The molecule has 0 aliphatic heterocycles. The van der Waals surface area contributed by atoms with Crippen LogP contribution in [-0.2, 0) is 21.7 Å². The summed E-state index contributed by atoms with van der Waals surface area (Å²) in [6, 6.07) is 92.6. The van der Waals surface area contributed by atoms with E-state index in [1.165, 1.54) is 80.0 Å². The first-order chi connectivity index (χ1) is 52.5. The minimum absolute atomic E-state index is 0.0799. The molecule has 11 saturated carbocycles. The Hall–Kier alpha value is -11.2. The minimum atomic E-state index is -0.0799. The van der Waals surface area contributed by atoms with Gasteiger partial charge in [-0.25, -0.2) is 0 Å². The summed E-state index contributed by atoms with van der Waals surface area (Å²) in [6.45, 7) is 20.5. The second-order valence-corrected chi connectivity index (χ2v) is 33.3. The Bertz CT molecular complexity index is 4660. The highest BCUT2D eigenvalue weighted by molar-refractivity contribution is 5.64. The second-order valence-electron chi connectivity index (χ2n) is 33.3. The number of rotatable bonds is 7. The highest BCUT2D eigenvalue weighted by Crippen LogP contribution is 2.77. The van der Waals surface area contributed by atoms with E-state index in [2.05, 4.69) is 270 Å². The van der Waals surface area contributed by atoms with E-state index in [4.69, 9.17) is 6.42 Å². The maximum absolute atomic E-state index is 5.24. The van der Waals surface area contributed by atoms with Crippen molar-refractivity contribution in [3.05, 3.63) is 375 Å². The smallest absolute Gasteiger partial charge is 0.0249 e. The normalized spacial score (nSPS) is 26.6.